The number of nitrogens with two attached hydrogens (primary N) is 1. The molecule has 0 aliphatic rings. The molecule has 2 aromatic rings. The van der Waals surface area contributed by atoms with Crippen molar-refractivity contribution in [2.45, 2.75) is 13.5 Å². The van der Waals surface area contributed by atoms with Gasteiger partial charge in [0.05, 0.1) is 5.56 Å². The highest BCUT2D eigenvalue weighted by molar-refractivity contribution is 5.96. The summed E-state index contributed by atoms with van der Waals surface area (Å²) in [5, 5.41) is 8.92. The van der Waals surface area contributed by atoms with E-state index in [-0.39, 0.29) is 12.3 Å². The van der Waals surface area contributed by atoms with Gasteiger partial charge in [-0.1, -0.05) is 18.2 Å². The van der Waals surface area contributed by atoms with Crippen LogP contribution in [0, 0.1) is 18.3 Å². The smallest absolute Gasteiger partial charge is 0.340 e. The Morgan fingerprint density at radius 3 is 2.90 bits per heavy atom. The average Bonchev–Trinajstić information content (AvgIpc) is 2.45. The molecule has 0 atom stereocenters. The SMILES string of the molecule is Cc1cccc(N)c1C(=O)OCc1cccnc1C#N. The van der Waals surface area contributed by atoms with E-state index in [4.69, 9.17) is 15.7 Å². The van der Waals surface area contributed by atoms with Gasteiger partial charge in [-0.15, -0.1) is 0 Å². The first kappa shape index (κ1) is 13.6. The lowest BCUT2D eigenvalue weighted by atomic mass is 10.1. The first-order valence-electron chi connectivity index (χ1n) is 5.99. The number of ether oxygens (including phenoxy) is 1. The molecule has 0 unspecified atom stereocenters. The first-order valence-corrected chi connectivity index (χ1v) is 5.99. The predicted octanol–water partition coefficient (Wildman–Crippen LogP) is 2.20. The van der Waals surface area contributed by atoms with Gasteiger partial charge in [-0.05, 0) is 24.6 Å². The molecule has 1 heterocycles. The van der Waals surface area contributed by atoms with Crippen molar-refractivity contribution in [1.82, 2.24) is 4.98 Å². The summed E-state index contributed by atoms with van der Waals surface area (Å²) < 4.78 is 5.21. The van der Waals surface area contributed by atoms with Gasteiger partial charge in [0, 0.05) is 17.4 Å². The van der Waals surface area contributed by atoms with E-state index < -0.39 is 5.97 Å². The molecule has 0 amide bonds. The number of aromatic nitrogens is 1. The lowest BCUT2D eigenvalue weighted by molar-refractivity contribution is 0.0472. The molecule has 0 aliphatic carbocycles. The number of carbonyl (C=O) groups is 1. The van der Waals surface area contributed by atoms with Gasteiger partial charge >= 0.3 is 5.97 Å². The zero-order chi connectivity index (χ0) is 14.5. The number of nitriles is 1. The third-order valence-corrected chi connectivity index (χ3v) is 2.87. The van der Waals surface area contributed by atoms with Crippen molar-refractivity contribution in [2.24, 2.45) is 0 Å². The molecular formula is C15H13N3O2. The highest BCUT2D eigenvalue weighted by Crippen LogP contribution is 2.18. The van der Waals surface area contributed by atoms with Gasteiger partial charge in [0.1, 0.15) is 18.4 Å². The Labute approximate surface area is 116 Å². The van der Waals surface area contributed by atoms with Crippen LogP contribution in [0.3, 0.4) is 0 Å². The normalized spacial score (nSPS) is 9.80. The molecule has 0 saturated carbocycles. The van der Waals surface area contributed by atoms with Crippen LogP contribution in [0.1, 0.15) is 27.2 Å². The van der Waals surface area contributed by atoms with Gasteiger partial charge < -0.3 is 10.5 Å². The maximum atomic E-state index is 12.1. The second-order valence-electron chi connectivity index (χ2n) is 4.24. The van der Waals surface area contributed by atoms with E-state index in [1.165, 1.54) is 6.20 Å². The number of carbonyl (C=O) groups excluding carboxylic acids is 1. The van der Waals surface area contributed by atoms with E-state index in [2.05, 4.69) is 4.98 Å². The van der Waals surface area contributed by atoms with Crippen LogP contribution < -0.4 is 5.73 Å². The van der Waals surface area contributed by atoms with Gasteiger partial charge in [-0.3, -0.25) is 0 Å². The molecule has 5 heteroatoms. The fraction of sp³-hybridized carbons (Fsp3) is 0.133. The zero-order valence-corrected chi connectivity index (χ0v) is 11.0. The average molecular weight is 267 g/mol. The molecular weight excluding hydrogens is 254 g/mol. The van der Waals surface area contributed by atoms with Gasteiger partial charge in [0.15, 0.2) is 0 Å². The number of aryl methyl sites for hydroxylation is 1. The monoisotopic (exact) mass is 267 g/mol. The fourth-order valence-electron chi connectivity index (χ4n) is 1.84. The number of esters is 1. The molecule has 0 saturated heterocycles. The van der Waals surface area contributed by atoms with Gasteiger partial charge in [-0.2, -0.15) is 5.26 Å². The second kappa shape index (κ2) is 5.85. The molecule has 0 bridgehead atoms. The Bertz CT molecular complexity index is 670. The minimum Gasteiger partial charge on any atom is -0.457 e. The summed E-state index contributed by atoms with van der Waals surface area (Å²) in [6.07, 6.45) is 1.52. The van der Waals surface area contributed by atoms with E-state index in [9.17, 15) is 4.79 Å². The van der Waals surface area contributed by atoms with Crippen LogP contribution >= 0.6 is 0 Å². The summed E-state index contributed by atoms with van der Waals surface area (Å²) in [4.78, 5) is 16.0. The largest absolute Gasteiger partial charge is 0.457 e. The number of benzene rings is 1. The number of hydrogen-bond donors (Lipinski definition) is 1. The minimum atomic E-state index is -0.506. The van der Waals surface area contributed by atoms with Crippen LogP contribution in [-0.2, 0) is 11.3 Å². The van der Waals surface area contributed by atoms with Crippen molar-refractivity contribution in [3.8, 4) is 6.07 Å². The van der Waals surface area contributed by atoms with Crippen LogP contribution in [0.15, 0.2) is 36.5 Å². The summed E-state index contributed by atoms with van der Waals surface area (Å²) in [6, 6.07) is 10.5. The number of rotatable bonds is 3. The van der Waals surface area contributed by atoms with E-state index in [0.29, 0.717) is 16.8 Å². The molecule has 2 rings (SSSR count). The summed E-state index contributed by atoms with van der Waals surface area (Å²) >= 11 is 0. The Morgan fingerprint density at radius 2 is 2.20 bits per heavy atom. The number of nitrogens with zero attached hydrogens (tertiary/aromatic N) is 2. The lowest BCUT2D eigenvalue weighted by Crippen LogP contribution is -2.11. The van der Waals surface area contributed by atoms with Crippen molar-refractivity contribution in [3.63, 3.8) is 0 Å². The highest BCUT2D eigenvalue weighted by atomic mass is 16.5. The van der Waals surface area contributed by atoms with Crippen LogP contribution in [0.2, 0.25) is 0 Å². The van der Waals surface area contributed by atoms with Crippen molar-refractivity contribution >= 4 is 11.7 Å². The molecule has 0 spiro atoms. The first-order chi connectivity index (χ1) is 9.63. The molecule has 2 N–H and O–H groups in total. The maximum Gasteiger partial charge on any atom is 0.340 e. The summed E-state index contributed by atoms with van der Waals surface area (Å²) in [6.45, 7) is 1.78. The molecule has 1 aromatic carbocycles. The van der Waals surface area contributed by atoms with E-state index >= 15 is 0 Å². The second-order valence-corrected chi connectivity index (χ2v) is 4.24. The molecule has 20 heavy (non-hydrogen) atoms. The van der Waals surface area contributed by atoms with E-state index in [1.807, 2.05) is 6.07 Å². The molecule has 0 fully saturated rings. The predicted molar refractivity (Wildman–Crippen MR) is 73.7 cm³/mol. The third kappa shape index (κ3) is 2.75. The van der Waals surface area contributed by atoms with Crippen molar-refractivity contribution in [2.75, 3.05) is 5.73 Å². The summed E-state index contributed by atoms with van der Waals surface area (Å²) in [7, 11) is 0. The van der Waals surface area contributed by atoms with Gasteiger partial charge in [0.2, 0.25) is 0 Å². The molecule has 0 radical (unpaired) electrons. The molecule has 100 valence electrons. The van der Waals surface area contributed by atoms with Crippen molar-refractivity contribution in [3.05, 3.63) is 58.9 Å². The van der Waals surface area contributed by atoms with Crippen LogP contribution in [0.25, 0.3) is 0 Å². The Morgan fingerprint density at radius 1 is 1.40 bits per heavy atom. The standard InChI is InChI=1S/C15H13N3O2/c1-10-4-2-6-12(17)14(10)15(19)20-9-11-5-3-7-18-13(11)8-16/h2-7H,9,17H2,1H3. The Balaban J connectivity index is 2.16. The molecule has 1 aromatic heterocycles. The lowest BCUT2D eigenvalue weighted by Gasteiger charge is -2.09. The van der Waals surface area contributed by atoms with Crippen molar-refractivity contribution < 1.29 is 9.53 Å². The topological polar surface area (TPSA) is 89.0 Å². The fourth-order valence-corrected chi connectivity index (χ4v) is 1.84. The van der Waals surface area contributed by atoms with E-state index in [1.54, 1.807) is 37.3 Å². The molecule has 0 aliphatic heterocycles. The van der Waals surface area contributed by atoms with Gasteiger partial charge in [0.25, 0.3) is 0 Å². The molecule has 5 nitrogen and oxygen atoms in total. The number of pyridine rings is 1. The van der Waals surface area contributed by atoms with Crippen molar-refractivity contribution in [1.29, 1.82) is 5.26 Å². The Kier molecular flexibility index (Phi) is 3.96. The van der Waals surface area contributed by atoms with Gasteiger partial charge in [-0.25, -0.2) is 9.78 Å². The summed E-state index contributed by atoms with van der Waals surface area (Å²) in [5.74, 6) is -0.506. The Hall–Kier alpha value is -2.87. The summed E-state index contributed by atoms with van der Waals surface area (Å²) in [5.41, 5.74) is 8.08. The van der Waals surface area contributed by atoms with E-state index in [0.717, 1.165) is 5.56 Å². The van der Waals surface area contributed by atoms with Crippen LogP contribution in [0.5, 0.6) is 0 Å². The quantitative estimate of drug-likeness (QED) is 0.680. The van der Waals surface area contributed by atoms with Crippen LogP contribution in [-0.4, -0.2) is 11.0 Å². The zero-order valence-electron chi connectivity index (χ0n) is 11.0. The number of anilines is 1. The number of hydrogen-bond acceptors (Lipinski definition) is 5. The maximum absolute atomic E-state index is 12.1. The van der Waals surface area contributed by atoms with Crippen LogP contribution in [0.4, 0.5) is 5.69 Å². The third-order valence-electron chi connectivity index (χ3n) is 2.87. The number of nitrogen functional groups attached to an aromatic ring is 1. The minimum absolute atomic E-state index is 0.0106. The highest BCUT2D eigenvalue weighted by Gasteiger charge is 2.15.